The fourth-order valence-corrected chi connectivity index (χ4v) is 4.63. The van der Waals surface area contributed by atoms with Crippen LogP contribution in [0.25, 0.3) is 16.7 Å². The first-order valence-electron chi connectivity index (χ1n) is 12.9. The van der Waals surface area contributed by atoms with Crippen LogP contribution in [-0.4, -0.2) is 52.9 Å². The number of aromatic nitrogens is 2. The van der Waals surface area contributed by atoms with E-state index >= 15 is 0 Å². The summed E-state index contributed by atoms with van der Waals surface area (Å²) in [6.45, 7) is 3.89. The summed E-state index contributed by atoms with van der Waals surface area (Å²) in [5.41, 5.74) is 3.75. The van der Waals surface area contributed by atoms with Gasteiger partial charge in [-0.2, -0.15) is 0 Å². The van der Waals surface area contributed by atoms with Crippen molar-refractivity contribution in [3.05, 3.63) is 84.2 Å². The van der Waals surface area contributed by atoms with E-state index in [1.54, 1.807) is 18.5 Å². The molecule has 5 rings (SSSR count). The quantitative estimate of drug-likeness (QED) is 0.295. The summed E-state index contributed by atoms with van der Waals surface area (Å²) in [6.07, 6.45) is 0.736. The molecule has 0 radical (unpaired) electrons. The van der Waals surface area contributed by atoms with Crippen molar-refractivity contribution in [1.82, 2.24) is 19.8 Å². The lowest BCUT2D eigenvalue weighted by atomic mass is 10.1. The Bertz CT molecular complexity index is 1400. The van der Waals surface area contributed by atoms with Crippen molar-refractivity contribution in [2.75, 3.05) is 26.2 Å². The molecule has 2 heterocycles. The number of halogens is 3. The van der Waals surface area contributed by atoms with Crippen molar-refractivity contribution in [3.8, 4) is 17.2 Å². The molecule has 0 atom stereocenters. The number of fused-ring (bicyclic) bond motifs is 1. The van der Waals surface area contributed by atoms with Crippen molar-refractivity contribution in [2.45, 2.75) is 32.2 Å². The SMILES string of the molecule is O=C(NCCN1CCCCC1)c1ccc2c(c1)ncn2-c1ccc(OCc2ccc(OC(F)(F)F)cc2)cc1. The van der Waals surface area contributed by atoms with E-state index < -0.39 is 6.36 Å². The summed E-state index contributed by atoms with van der Waals surface area (Å²) in [5.74, 6) is 0.235. The molecule has 0 aliphatic carbocycles. The first kappa shape index (κ1) is 26.6. The van der Waals surface area contributed by atoms with Crippen LogP contribution < -0.4 is 14.8 Å². The summed E-state index contributed by atoms with van der Waals surface area (Å²) >= 11 is 0. The standard InChI is InChI=1S/C29H29F3N4O3/c30-29(31,32)39-25-9-4-21(5-10-25)19-38-24-11-7-23(8-12-24)36-20-34-26-18-22(6-13-27(26)36)28(37)33-14-17-35-15-2-1-3-16-35/h4-13,18,20H,1-3,14-17,19H2,(H,33,37). The fourth-order valence-electron chi connectivity index (χ4n) is 4.63. The first-order chi connectivity index (χ1) is 18.8. The number of imidazole rings is 1. The molecular weight excluding hydrogens is 509 g/mol. The number of carbonyl (C=O) groups excluding carboxylic acids is 1. The van der Waals surface area contributed by atoms with E-state index in [0.717, 1.165) is 36.4 Å². The largest absolute Gasteiger partial charge is 0.573 e. The molecule has 0 unspecified atom stereocenters. The molecule has 0 spiro atoms. The van der Waals surface area contributed by atoms with Crippen molar-refractivity contribution in [1.29, 1.82) is 0 Å². The zero-order valence-electron chi connectivity index (χ0n) is 21.3. The van der Waals surface area contributed by atoms with Crippen molar-refractivity contribution >= 4 is 16.9 Å². The number of ether oxygens (including phenoxy) is 2. The Balaban J connectivity index is 1.17. The number of nitrogens with one attached hydrogen (secondary N) is 1. The van der Waals surface area contributed by atoms with Gasteiger partial charge in [-0.25, -0.2) is 4.98 Å². The van der Waals surface area contributed by atoms with Crippen LogP contribution in [0, 0.1) is 0 Å². The van der Waals surface area contributed by atoms with Gasteiger partial charge < -0.3 is 19.7 Å². The average molecular weight is 539 g/mol. The molecule has 1 aliphatic heterocycles. The summed E-state index contributed by atoms with van der Waals surface area (Å²) in [7, 11) is 0. The van der Waals surface area contributed by atoms with Crippen LogP contribution in [0.4, 0.5) is 13.2 Å². The first-order valence-corrected chi connectivity index (χ1v) is 12.9. The normalized spacial score (nSPS) is 14.3. The molecule has 3 aromatic carbocycles. The lowest BCUT2D eigenvalue weighted by molar-refractivity contribution is -0.274. The van der Waals surface area contributed by atoms with Crippen LogP contribution in [0.1, 0.15) is 35.2 Å². The fraction of sp³-hybridized carbons (Fsp3) is 0.310. The number of carbonyl (C=O) groups is 1. The third kappa shape index (κ3) is 7.08. The number of piperidine rings is 1. The molecule has 1 N–H and O–H groups in total. The minimum Gasteiger partial charge on any atom is -0.489 e. The molecule has 10 heteroatoms. The van der Waals surface area contributed by atoms with E-state index in [4.69, 9.17) is 4.74 Å². The molecule has 1 amide bonds. The summed E-state index contributed by atoms with van der Waals surface area (Å²) in [6, 6.07) is 18.4. The Labute approximate surface area is 224 Å². The second-order valence-corrected chi connectivity index (χ2v) is 9.45. The highest BCUT2D eigenvalue weighted by molar-refractivity contribution is 5.97. The van der Waals surface area contributed by atoms with Gasteiger partial charge in [0.15, 0.2) is 0 Å². The number of rotatable bonds is 9. The molecule has 1 aliphatic rings. The highest BCUT2D eigenvalue weighted by Gasteiger charge is 2.30. The van der Waals surface area contributed by atoms with Crippen LogP contribution in [-0.2, 0) is 6.61 Å². The molecule has 204 valence electrons. The maximum Gasteiger partial charge on any atom is 0.573 e. The Hall–Kier alpha value is -4.05. The number of hydrogen-bond donors (Lipinski definition) is 1. The highest BCUT2D eigenvalue weighted by Crippen LogP contribution is 2.24. The number of likely N-dealkylation sites (tertiary alicyclic amines) is 1. The summed E-state index contributed by atoms with van der Waals surface area (Å²) < 4.78 is 48.5. The second-order valence-electron chi connectivity index (χ2n) is 9.45. The summed E-state index contributed by atoms with van der Waals surface area (Å²) in [4.78, 5) is 19.5. The van der Waals surface area contributed by atoms with E-state index in [-0.39, 0.29) is 18.3 Å². The number of nitrogens with zero attached hydrogens (tertiary/aromatic N) is 3. The van der Waals surface area contributed by atoms with Gasteiger partial charge in [0.1, 0.15) is 24.4 Å². The van der Waals surface area contributed by atoms with Gasteiger partial charge in [-0.3, -0.25) is 9.36 Å². The summed E-state index contributed by atoms with van der Waals surface area (Å²) in [5, 5.41) is 3.01. The average Bonchev–Trinajstić information content (AvgIpc) is 3.36. The minimum absolute atomic E-state index is 0.104. The van der Waals surface area contributed by atoms with Gasteiger partial charge in [0.25, 0.3) is 5.91 Å². The third-order valence-electron chi connectivity index (χ3n) is 6.65. The van der Waals surface area contributed by atoms with Gasteiger partial charge in [-0.1, -0.05) is 18.6 Å². The van der Waals surface area contributed by atoms with Crippen molar-refractivity contribution in [2.24, 2.45) is 0 Å². The van der Waals surface area contributed by atoms with Gasteiger partial charge in [-0.15, -0.1) is 13.2 Å². The Morgan fingerprint density at radius 2 is 1.64 bits per heavy atom. The number of amides is 1. The monoisotopic (exact) mass is 538 g/mol. The van der Waals surface area contributed by atoms with Gasteiger partial charge in [-0.05, 0) is 86.1 Å². The lowest BCUT2D eigenvalue weighted by Crippen LogP contribution is -2.37. The predicted octanol–water partition coefficient (Wildman–Crippen LogP) is 5.72. The van der Waals surface area contributed by atoms with E-state index in [1.165, 1.54) is 43.5 Å². The molecule has 1 fully saturated rings. The van der Waals surface area contributed by atoms with Crippen LogP contribution in [0.5, 0.6) is 11.5 Å². The van der Waals surface area contributed by atoms with Gasteiger partial charge in [0.05, 0.1) is 11.0 Å². The maximum atomic E-state index is 12.7. The number of hydrogen-bond acceptors (Lipinski definition) is 5. The maximum absolute atomic E-state index is 12.7. The van der Waals surface area contributed by atoms with Crippen LogP contribution in [0.2, 0.25) is 0 Å². The number of alkyl halides is 3. The van der Waals surface area contributed by atoms with Gasteiger partial charge in [0.2, 0.25) is 0 Å². The van der Waals surface area contributed by atoms with Crippen molar-refractivity contribution < 1.29 is 27.4 Å². The second kappa shape index (κ2) is 11.8. The lowest BCUT2D eigenvalue weighted by Gasteiger charge is -2.26. The smallest absolute Gasteiger partial charge is 0.489 e. The Morgan fingerprint density at radius 1 is 0.923 bits per heavy atom. The van der Waals surface area contributed by atoms with Gasteiger partial charge in [0, 0.05) is 24.3 Å². The van der Waals surface area contributed by atoms with E-state index in [9.17, 15) is 18.0 Å². The molecule has 4 aromatic rings. The topological polar surface area (TPSA) is 68.6 Å². The molecular formula is C29H29F3N4O3. The third-order valence-corrected chi connectivity index (χ3v) is 6.65. The zero-order chi connectivity index (χ0) is 27.2. The van der Waals surface area contributed by atoms with Crippen LogP contribution in [0.15, 0.2) is 73.1 Å². The van der Waals surface area contributed by atoms with Gasteiger partial charge >= 0.3 is 6.36 Å². The molecule has 1 aromatic heterocycles. The molecule has 0 saturated carbocycles. The molecule has 39 heavy (non-hydrogen) atoms. The molecule has 0 bridgehead atoms. The van der Waals surface area contributed by atoms with E-state index in [0.29, 0.717) is 23.4 Å². The number of benzene rings is 3. The van der Waals surface area contributed by atoms with Crippen molar-refractivity contribution in [3.63, 3.8) is 0 Å². The Kier molecular flexibility index (Phi) is 8.02. The Morgan fingerprint density at radius 3 is 2.36 bits per heavy atom. The minimum atomic E-state index is -4.72. The molecule has 1 saturated heterocycles. The predicted molar refractivity (Wildman–Crippen MR) is 141 cm³/mol. The molecule has 7 nitrogen and oxygen atoms in total. The van der Waals surface area contributed by atoms with E-state index in [1.807, 2.05) is 34.9 Å². The van der Waals surface area contributed by atoms with E-state index in [2.05, 4.69) is 19.9 Å². The highest BCUT2D eigenvalue weighted by atomic mass is 19.4. The zero-order valence-corrected chi connectivity index (χ0v) is 21.3. The van der Waals surface area contributed by atoms with Crippen LogP contribution in [0.3, 0.4) is 0 Å². The van der Waals surface area contributed by atoms with Crippen LogP contribution >= 0.6 is 0 Å².